The van der Waals surface area contributed by atoms with E-state index >= 15 is 0 Å². The molecule has 0 spiro atoms. The second-order valence-electron chi connectivity index (χ2n) is 4.93. The van der Waals surface area contributed by atoms with Gasteiger partial charge in [-0.25, -0.2) is 4.39 Å². The van der Waals surface area contributed by atoms with Crippen LogP contribution in [0.1, 0.15) is 24.5 Å². The summed E-state index contributed by atoms with van der Waals surface area (Å²) in [6.07, 6.45) is 1.81. The molecule has 0 saturated heterocycles. The highest BCUT2D eigenvalue weighted by atomic mass is 19.1. The van der Waals surface area contributed by atoms with Gasteiger partial charge in [0.2, 0.25) is 0 Å². The zero-order valence-corrected chi connectivity index (χ0v) is 11.7. The molecule has 0 aromatic heterocycles. The molecule has 2 rings (SSSR count). The van der Waals surface area contributed by atoms with Gasteiger partial charge in [0.15, 0.2) is 0 Å². The van der Waals surface area contributed by atoms with E-state index in [1.165, 1.54) is 17.7 Å². The van der Waals surface area contributed by atoms with Crippen molar-refractivity contribution in [3.05, 3.63) is 65.5 Å². The summed E-state index contributed by atoms with van der Waals surface area (Å²) in [5, 5.41) is 0. The van der Waals surface area contributed by atoms with E-state index in [1.54, 1.807) is 12.1 Å². The van der Waals surface area contributed by atoms with Crippen LogP contribution >= 0.6 is 0 Å². The Bertz CT molecular complexity index is 539. The molecule has 0 aliphatic heterocycles. The minimum absolute atomic E-state index is 0.183. The minimum atomic E-state index is -0.232. The highest BCUT2D eigenvalue weighted by molar-refractivity contribution is 5.29. The summed E-state index contributed by atoms with van der Waals surface area (Å²) in [6.45, 7) is 2.52. The first-order valence-corrected chi connectivity index (χ1v) is 6.89. The molecular formula is C17H20FNO. The maximum Gasteiger partial charge on any atom is 0.123 e. The SMILES string of the molecule is CCC(N)Cc1cccc(OCc2ccc(F)cc2)c1. The van der Waals surface area contributed by atoms with E-state index in [-0.39, 0.29) is 11.9 Å². The van der Waals surface area contributed by atoms with Gasteiger partial charge >= 0.3 is 0 Å². The minimum Gasteiger partial charge on any atom is -0.489 e. The van der Waals surface area contributed by atoms with Crippen LogP contribution in [0.3, 0.4) is 0 Å². The van der Waals surface area contributed by atoms with E-state index in [9.17, 15) is 4.39 Å². The third-order valence-electron chi connectivity index (χ3n) is 3.24. The smallest absolute Gasteiger partial charge is 0.123 e. The third kappa shape index (κ3) is 4.35. The van der Waals surface area contributed by atoms with Gasteiger partial charge in [-0.05, 0) is 48.2 Å². The number of benzene rings is 2. The molecule has 0 amide bonds. The van der Waals surface area contributed by atoms with Crippen molar-refractivity contribution in [2.24, 2.45) is 5.73 Å². The Kier molecular flexibility index (Phi) is 5.13. The van der Waals surface area contributed by atoms with Gasteiger partial charge < -0.3 is 10.5 Å². The molecule has 2 nitrogen and oxygen atoms in total. The van der Waals surface area contributed by atoms with Gasteiger partial charge in [-0.2, -0.15) is 0 Å². The Hall–Kier alpha value is -1.87. The summed E-state index contributed by atoms with van der Waals surface area (Å²) in [7, 11) is 0. The van der Waals surface area contributed by atoms with Gasteiger partial charge in [0.1, 0.15) is 18.2 Å². The van der Waals surface area contributed by atoms with Crippen molar-refractivity contribution in [3.63, 3.8) is 0 Å². The quantitative estimate of drug-likeness (QED) is 0.871. The third-order valence-corrected chi connectivity index (χ3v) is 3.24. The van der Waals surface area contributed by atoms with E-state index in [0.717, 1.165) is 24.2 Å². The van der Waals surface area contributed by atoms with Crippen LogP contribution in [0.4, 0.5) is 4.39 Å². The standard InChI is InChI=1S/C17H20FNO/c1-2-16(19)10-14-4-3-5-17(11-14)20-12-13-6-8-15(18)9-7-13/h3-9,11,16H,2,10,12,19H2,1H3. The number of ether oxygens (including phenoxy) is 1. The average molecular weight is 273 g/mol. The topological polar surface area (TPSA) is 35.2 Å². The fourth-order valence-electron chi connectivity index (χ4n) is 1.96. The molecule has 0 heterocycles. The van der Waals surface area contributed by atoms with E-state index in [4.69, 9.17) is 10.5 Å². The predicted molar refractivity (Wildman–Crippen MR) is 79.1 cm³/mol. The van der Waals surface area contributed by atoms with E-state index in [2.05, 4.69) is 13.0 Å². The molecule has 2 aromatic rings. The number of rotatable bonds is 6. The first-order chi connectivity index (χ1) is 9.67. The van der Waals surface area contributed by atoms with Gasteiger partial charge in [-0.15, -0.1) is 0 Å². The second kappa shape index (κ2) is 7.06. The zero-order valence-electron chi connectivity index (χ0n) is 11.7. The van der Waals surface area contributed by atoms with Crippen LogP contribution in [0.15, 0.2) is 48.5 Å². The average Bonchev–Trinajstić information content (AvgIpc) is 2.47. The number of nitrogens with two attached hydrogens (primary N) is 1. The van der Waals surface area contributed by atoms with Crippen LogP contribution in [0.25, 0.3) is 0 Å². The molecular weight excluding hydrogens is 253 g/mol. The lowest BCUT2D eigenvalue weighted by molar-refractivity contribution is 0.305. The fourth-order valence-corrected chi connectivity index (χ4v) is 1.96. The van der Waals surface area contributed by atoms with Gasteiger partial charge in [-0.3, -0.25) is 0 Å². The van der Waals surface area contributed by atoms with Crippen LogP contribution in [0.2, 0.25) is 0 Å². The fraction of sp³-hybridized carbons (Fsp3) is 0.294. The van der Waals surface area contributed by atoms with Crippen LogP contribution in [0.5, 0.6) is 5.75 Å². The molecule has 0 fully saturated rings. The van der Waals surface area contributed by atoms with Crippen molar-refractivity contribution in [1.82, 2.24) is 0 Å². The summed E-state index contributed by atoms with van der Waals surface area (Å²) in [5.74, 6) is 0.583. The Morgan fingerprint density at radius 1 is 1.10 bits per heavy atom. The van der Waals surface area contributed by atoms with Crippen molar-refractivity contribution in [2.75, 3.05) is 0 Å². The Morgan fingerprint density at radius 3 is 2.55 bits per heavy atom. The van der Waals surface area contributed by atoms with Gasteiger partial charge in [-0.1, -0.05) is 31.2 Å². The Morgan fingerprint density at radius 2 is 1.85 bits per heavy atom. The largest absolute Gasteiger partial charge is 0.489 e. The molecule has 0 saturated carbocycles. The molecule has 3 heteroatoms. The number of hydrogen-bond acceptors (Lipinski definition) is 2. The number of hydrogen-bond donors (Lipinski definition) is 1. The molecule has 2 N–H and O–H groups in total. The highest BCUT2D eigenvalue weighted by Gasteiger charge is 2.03. The van der Waals surface area contributed by atoms with Crippen molar-refractivity contribution in [3.8, 4) is 5.75 Å². The monoisotopic (exact) mass is 273 g/mol. The van der Waals surface area contributed by atoms with Crippen molar-refractivity contribution in [2.45, 2.75) is 32.4 Å². The molecule has 0 bridgehead atoms. The lowest BCUT2D eigenvalue weighted by Crippen LogP contribution is -2.21. The normalized spacial score (nSPS) is 12.2. The Labute approximate surface area is 119 Å². The summed E-state index contributed by atoms with van der Waals surface area (Å²) < 4.78 is 18.5. The molecule has 1 atom stereocenters. The second-order valence-corrected chi connectivity index (χ2v) is 4.93. The van der Waals surface area contributed by atoms with Crippen molar-refractivity contribution >= 4 is 0 Å². The zero-order chi connectivity index (χ0) is 14.4. The van der Waals surface area contributed by atoms with Crippen molar-refractivity contribution in [1.29, 1.82) is 0 Å². The lowest BCUT2D eigenvalue weighted by Gasteiger charge is -2.11. The maximum atomic E-state index is 12.8. The van der Waals surface area contributed by atoms with E-state index in [0.29, 0.717) is 6.61 Å². The van der Waals surface area contributed by atoms with Crippen LogP contribution in [0, 0.1) is 5.82 Å². The molecule has 0 radical (unpaired) electrons. The Balaban J connectivity index is 1.95. The van der Waals surface area contributed by atoms with Gasteiger partial charge in [0, 0.05) is 6.04 Å². The lowest BCUT2D eigenvalue weighted by atomic mass is 10.0. The van der Waals surface area contributed by atoms with E-state index < -0.39 is 0 Å². The van der Waals surface area contributed by atoms with Crippen LogP contribution in [-0.4, -0.2) is 6.04 Å². The first-order valence-electron chi connectivity index (χ1n) is 6.89. The van der Waals surface area contributed by atoms with Crippen LogP contribution < -0.4 is 10.5 Å². The van der Waals surface area contributed by atoms with Crippen molar-refractivity contribution < 1.29 is 9.13 Å². The molecule has 2 aromatic carbocycles. The number of halogens is 1. The van der Waals surface area contributed by atoms with Crippen LogP contribution in [-0.2, 0) is 13.0 Å². The molecule has 0 aliphatic rings. The first kappa shape index (κ1) is 14.5. The van der Waals surface area contributed by atoms with Gasteiger partial charge in [0.25, 0.3) is 0 Å². The van der Waals surface area contributed by atoms with E-state index in [1.807, 2.05) is 18.2 Å². The predicted octanol–water partition coefficient (Wildman–Crippen LogP) is 3.68. The molecule has 106 valence electrons. The molecule has 20 heavy (non-hydrogen) atoms. The molecule has 1 unspecified atom stereocenters. The highest BCUT2D eigenvalue weighted by Crippen LogP contribution is 2.16. The summed E-state index contributed by atoms with van der Waals surface area (Å²) in [4.78, 5) is 0. The van der Waals surface area contributed by atoms with Gasteiger partial charge in [0.05, 0.1) is 0 Å². The summed E-state index contributed by atoms with van der Waals surface area (Å²) in [5.41, 5.74) is 8.08. The molecule has 0 aliphatic carbocycles. The summed E-state index contributed by atoms with van der Waals surface area (Å²) >= 11 is 0. The maximum absolute atomic E-state index is 12.8. The summed E-state index contributed by atoms with van der Waals surface area (Å²) in [6, 6.07) is 14.5.